The van der Waals surface area contributed by atoms with Crippen LogP contribution in [0.5, 0.6) is 0 Å². The van der Waals surface area contributed by atoms with Crippen LogP contribution in [0.3, 0.4) is 0 Å². The largest absolute Gasteiger partial charge is 1.00 e. The summed E-state index contributed by atoms with van der Waals surface area (Å²) in [5.41, 5.74) is 0. The summed E-state index contributed by atoms with van der Waals surface area (Å²) in [7, 11) is -14.2. The summed E-state index contributed by atoms with van der Waals surface area (Å²) in [6.07, 6.45) is -15.1. The van der Waals surface area contributed by atoms with E-state index in [1.54, 1.807) is 30.6 Å². The van der Waals surface area contributed by atoms with Gasteiger partial charge >= 0.3 is 149 Å². The average molecular weight is 1200 g/mol. The zero-order valence-electron chi connectivity index (χ0n) is 38.4. The molecule has 67 heavy (non-hydrogen) atoms. The van der Waals surface area contributed by atoms with Crippen molar-refractivity contribution in [3.63, 3.8) is 0 Å². The van der Waals surface area contributed by atoms with E-state index in [1.807, 2.05) is 0 Å². The second kappa shape index (κ2) is 33.6. The molecule has 0 aromatic carbocycles. The first-order chi connectivity index (χ1) is 28.9. The topological polar surface area (TPSA) is 157 Å². The normalized spacial score (nSPS) is 13.6. The molecule has 0 amide bonds. The van der Waals surface area contributed by atoms with Gasteiger partial charge < -0.3 is 26.0 Å². The number of aliphatic hydroxyl groups is 1. The Hall–Kier alpha value is 1.71. The van der Waals surface area contributed by atoms with Gasteiger partial charge in [0.15, 0.2) is 8.32 Å². The van der Waals surface area contributed by atoms with Crippen LogP contribution in [0.25, 0.3) is 0 Å². The van der Waals surface area contributed by atoms with E-state index in [4.69, 9.17) is 19.6 Å². The number of alkyl halides is 19. The molecule has 1 N–H and O–H groups in total. The van der Waals surface area contributed by atoms with Crippen molar-refractivity contribution in [3.8, 4) is 0 Å². The number of nitrogens with zero attached hydrogens (tertiary/aromatic N) is 3. The second-order valence-electron chi connectivity index (χ2n) is 13.6. The van der Waals surface area contributed by atoms with Gasteiger partial charge in [0.05, 0.1) is 19.3 Å². The molecule has 0 heterocycles. The fourth-order valence-electron chi connectivity index (χ4n) is 4.24. The number of rotatable bonds is 26. The Balaban J connectivity index is -0.000000170. The zero-order valence-corrected chi connectivity index (χ0v) is 47.9. The van der Waals surface area contributed by atoms with Gasteiger partial charge in [0.25, 0.3) is 16.5 Å². The van der Waals surface area contributed by atoms with E-state index >= 15 is 0 Å². The van der Waals surface area contributed by atoms with E-state index in [0.29, 0.717) is 19.6 Å². The molecule has 0 aliphatic carbocycles. The van der Waals surface area contributed by atoms with Crippen LogP contribution in [-0.2, 0) is 34.0 Å². The Morgan fingerprint density at radius 1 is 0.657 bits per heavy atom. The predicted molar refractivity (Wildman–Crippen MR) is 204 cm³/mol. The Morgan fingerprint density at radius 2 is 1.03 bits per heavy atom. The molecule has 0 atom stereocenters. The summed E-state index contributed by atoms with van der Waals surface area (Å²) in [6.45, 7) is 14.6. The minimum absolute atomic E-state index is 0. The molecule has 0 fully saturated rings. The van der Waals surface area contributed by atoms with Gasteiger partial charge in [-0.1, -0.05) is 36.7 Å². The number of unbranched alkanes of at least 4 members (excludes halogenated alkanes) is 1. The van der Waals surface area contributed by atoms with Gasteiger partial charge in [-0.3, -0.25) is 9.69 Å². The van der Waals surface area contributed by atoms with Crippen LogP contribution in [0.1, 0.15) is 41.5 Å². The number of carbonyl (C=O) groups is 1. The van der Waals surface area contributed by atoms with Crippen LogP contribution >= 0.6 is 15.9 Å². The minimum Gasteiger partial charge on any atom is -1.00 e. The number of sulfonamides is 1. The van der Waals surface area contributed by atoms with Crippen molar-refractivity contribution in [2.75, 3.05) is 76.7 Å². The standard InChI is InChI=1S/C13H21F9N2O3S.C12H17F9NO2S.C5H13BrOSi.CH2O3.2K.H/c1-3-23(4-2)6-5-7-24(8-9-25)28(26,27)13(21,22)11(16,17)10(14,15)12(18,19)20;1-3-22(4-2)7-5-6-8-25(23,24)12(20,21)10(15,16)9(13,14)11(17,18)19;1-8(2,3)7-5-4-6;2-1-4-3;;;/h25H,3-9H2,1-2H3;1,3-8H2,2H3;4-5H2,1-3H3;1,3H;;;/q;+1;;;2*+1;-1/p-1. The third-order valence-corrected chi connectivity index (χ3v) is 13.2. The Bertz CT molecular complexity index is 1570. The van der Waals surface area contributed by atoms with Crippen LogP contribution in [0.4, 0.5) is 79.0 Å². The number of carbonyl (C=O) groups excluding carboxylic acids is 1. The maximum absolute atomic E-state index is 13.8. The first kappa shape index (κ1) is 80.1. The molecular weight excluding hydrogens is 1150 g/mol. The van der Waals surface area contributed by atoms with Crippen LogP contribution in [0.15, 0.2) is 0 Å². The van der Waals surface area contributed by atoms with Gasteiger partial charge in [0, 0.05) is 31.6 Å². The first-order valence-corrected chi connectivity index (χ1v) is 25.9. The maximum atomic E-state index is 13.8. The van der Waals surface area contributed by atoms with Gasteiger partial charge in [-0.2, -0.15) is 83.3 Å². The number of hydrogen-bond donors (Lipinski definition) is 1. The van der Waals surface area contributed by atoms with Crippen LogP contribution < -0.4 is 108 Å². The number of hydrogen-bond acceptors (Lipinski definition) is 11. The Morgan fingerprint density at radius 3 is 1.31 bits per heavy atom. The summed E-state index contributed by atoms with van der Waals surface area (Å²) >= 11 is 3.30. The molecule has 0 aromatic heterocycles. The molecule has 0 saturated heterocycles. The van der Waals surface area contributed by atoms with Crippen LogP contribution in [0, 0.1) is 6.92 Å². The van der Waals surface area contributed by atoms with Gasteiger partial charge in [-0.15, -0.1) is 0 Å². The summed E-state index contributed by atoms with van der Waals surface area (Å²) in [6, 6.07) is 0. The summed E-state index contributed by atoms with van der Waals surface area (Å²) in [5.74, 6) is -30.6. The van der Waals surface area contributed by atoms with Gasteiger partial charge in [-0.25, -0.2) is 16.8 Å². The van der Waals surface area contributed by atoms with Crippen molar-refractivity contribution < 1.29 is 225 Å². The summed E-state index contributed by atoms with van der Waals surface area (Å²) in [5, 5.41) is 4.79. The van der Waals surface area contributed by atoms with Crippen molar-refractivity contribution in [2.24, 2.45) is 0 Å². The molecule has 0 aliphatic heterocycles. The number of aliphatic hydroxyl groups excluding tert-OH is 1. The molecular formula is C31H53BrF18K2N3O9S2Si+. The summed E-state index contributed by atoms with van der Waals surface area (Å²) in [4.78, 5) is 14.6. The average Bonchev–Trinajstić information content (AvgIpc) is 3.17. The molecule has 0 unspecified atom stereocenters. The fourth-order valence-corrected chi connectivity index (χ4v) is 8.25. The van der Waals surface area contributed by atoms with E-state index in [2.05, 4.69) is 47.4 Å². The minimum atomic E-state index is -7.32. The van der Waals surface area contributed by atoms with E-state index < -0.39 is 111 Å². The molecule has 12 nitrogen and oxygen atoms in total. The molecule has 0 aliphatic rings. The van der Waals surface area contributed by atoms with E-state index in [0.717, 1.165) is 11.9 Å². The van der Waals surface area contributed by atoms with Gasteiger partial charge in [0.1, 0.15) is 6.54 Å². The maximum Gasteiger partial charge on any atom is 1.00 e. The SMILES string of the molecule is CCN(CC)CCCN(CCO)S(=O)(=O)C(F)(F)C(F)(F)C(F)(F)C(F)(F)F.C[Si](C)(C)OCCBr.O=CO[O-].[CH2+]CN(CC)CCCCS(=O)(=O)C(F)(F)C(F)(F)C(F)(F)C(F)(F)F.[H-].[K+].[K+]. The first-order valence-electron chi connectivity index (χ1n) is 18.3. The van der Waals surface area contributed by atoms with Gasteiger partial charge in [-0.05, 0) is 65.1 Å². The van der Waals surface area contributed by atoms with Crippen molar-refractivity contribution in [2.45, 2.75) is 106 Å². The molecule has 0 saturated carbocycles. The molecule has 36 heteroatoms. The van der Waals surface area contributed by atoms with Crippen molar-refractivity contribution >= 4 is 50.6 Å². The second-order valence-corrected chi connectivity index (χ2v) is 23.1. The molecule has 0 radical (unpaired) electrons. The third kappa shape index (κ3) is 23.9. The Labute approximate surface area is 473 Å². The van der Waals surface area contributed by atoms with Crippen LogP contribution in [-0.4, -0.2) is 174 Å². The van der Waals surface area contributed by atoms with Crippen molar-refractivity contribution in [3.05, 3.63) is 6.92 Å². The van der Waals surface area contributed by atoms with Crippen molar-refractivity contribution in [1.82, 2.24) is 14.1 Å². The van der Waals surface area contributed by atoms with E-state index in [9.17, 15) is 95.9 Å². The fraction of sp³-hybridized carbons (Fsp3) is 0.935. The smallest absolute Gasteiger partial charge is 1.00 e. The zero-order chi connectivity index (χ0) is 53.0. The predicted octanol–water partition coefficient (Wildman–Crippen LogP) is 1.32. The van der Waals surface area contributed by atoms with Crippen molar-refractivity contribution in [1.29, 1.82) is 0 Å². The van der Waals surface area contributed by atoms with Crippen LogP contribution in [0.2, 0.25) is 19.6 Å². The van der Waals surface area contributed by atoms with E-state index in [1.165, 1.54) is 0 Å². The van der Waals surface area contributed by atoms with Gasteiger partial charge in [0.2, 0.25) is 9.84 Å². The Kier molecular flexibility index (Phi) is 40.2. The molecule has 0 rings (SSSR count). The van der Waals surface area contributed by atoms with E-state index in [-0.39, 0.29) is 143 Å². The third-order valence-electron chi connectivity index (χ3n) is 7.96. The quantitative estimate of drug-likeness (QED) is 0.0195. The summed E-state index contributed by atoms with van der Waals surface area (Å²) < 4.78 is 282. The molecule has 0 bridgehead atoms. The number of halogens is 19. The number of sulfone groups is 1. The molecule has 0 aromatic rings. The molecule has 396 valence electrons. The monoisotopic (exact) mass is 1200 g/mol. The molecule has 0 spiro atoms.